The quantitative estimate of drug-likeness (QED) is 0.867. The Bertz CT molecular complexity index is 428. The van der Waals surface area contributed by atoms with Crippen LogP contribution >= 0.6 is 0 Å². The SMILES string of the molecule is CCN(CC)c1ccc(N2CC(CN)CC2=O)cn1. The fourth-order valence-corrected chi connectivity index (χ4v) is 2.46. The zero-order chi connectivity index (χ0) is 13.8. The number of hydrogen-bond donors (Lipinski definition) is 1. The summed E-state index contributed by atoms with van der Waals surface area (Å²) in [6, 6.07) is 3.95. The van der Waals surface area contributed by atoms with Crippen molar-refractivity contribution in [2.75, 3.05) is 36.0 Å². The second kappa shape index (κ2) is 6.02. The van der Waals surface area contributed by atoms with Crippen LogP contribution in [-0.2, 0) is 4.79 Å². The van der Waals surface area contributed by atoms with Gasteiger partial charge in [0.25, 0.3) is 0 Å². The van der Waals surface area contributed by atoms with Gasteiger partial charge in [0.2, 0.25) is 5.91 Å². The van der Waals surface area contributed by atoms with Gasteiger partial charge in [0, 0.05) is 26.1 Å². The molecule has 5 nitrogen and oxygen atoms in total. The van der Waals surface area contributed by atoms with Crippen molar-refractivity contribution in [2.45, 2.75) is 20.3 Å². The molecule has 0 spiro atoms. The van der Waals surface area contributed by atoms with Gasteiger partial charge < -0.3 is 15.5 Å². The number of aromatic nitrogens is 1. The van der Waals surface area contributed by atoms with Crippen molar-refractivity contribution in [1.82, 2.24) is 4.98 Å². The molecular formula is C14H22N4O. The van der Waals surface area contributed by atoms with Gasteiger partial charge >= 0.3 is 0 Å². The summed E-state index contributed by atoms with van der Waals surface area (Å²) in [5, 5.41) is 0. The van der Waals surface area contributed by atoms with Crippen molar-refractivity contribution in [3.05, 3.63) is 18.3 Å². The van der Waals surface area contributed by atoms with E-state index in [9.17, 15) is 4.79 Å². The van der Waals surface area contributed by atoms with Gasteiger partial charge in [-0.1, -0.05) is 0 Å². The van der Waals surface area contributed by atoms with Crippen LogP contribution in [0.4, 0.5) is 11.5 Å². The van der Waals surface area contributed by atoms with Crippen molar-refractivity contribution in [2.24, 2.45) is 11.7 Å². The van der Waals surface area contributed by atoms with Gasteiger partial charge in [-0.15, -0.1) is 0 Å². The average Bonchev–Trinajstić information content (AvgIpc) is 2.82. The third-order valence-corrected chi connectivity index (χ3v) is 3.67. The lowest BCUT2D eigenvalue weighted by molar-refractivity contribution is -0.117. The van der Waals surface area contributed by atoms with Crippen LogP contribution in [0, 0.1) is 5.92 Å². The Labute approximate surface area is 114 Å². The number of carbonyl (C=O) groups is 1. The van der Waals surface area contributed by atoms with Crippen molar-refractivity contribution in [3.8, 4) is 0 Å². The fourth-order valence-electron chi connectivity index (χ4n) is 2.46. The highest BCUT2D eigenvalue weighted by Gasteiger charge is 2.29. The van der Waals surface area contributed by atoms with Crippen molar-refractivity contribution in [1.29, 1.82) is 0 Å². The molecule has 2 N–H and O–H groups in total. The molecule has 0 radical (unpaired) electrons. The summed E-state index contributed by atoms with van der Waals surface area (Å²) in [5.74, 6) is 1.37. The molecule has 1 atom stereocenters. The summed E-state index contributed by atoms with van der Waals surface area (Å²) in [6.45, 7) is 7.35. The molecule has 1 saturated heterocycles. The maximum absolute atomic E-state index is 11.9. The van der Waals surface area contributed by atoms with E-state index >= 15 is 0 Å². The minimum Gasteiger partial charge on any atom is -0.357 e. The number of anilines is 2. The molecule has 5 heteroatoms. The molecule has 1 fully saturated rings. The molecule has 1 amide bonds. The van der Waals surface area contributed by atoms with Gasteiger partial charge in [0.15, 0.2) is 0 Å². The number of amides is 1. The molecule has 0 bridgehead atoms. The first-order valence-electron chi connectivity index (χ1n) is 6.91. The van der Waals surface area contributed by atoms with Gasteiger partial charge in [0.05, 0.1) is 11.9 Å². The van der Waals surface area contributed by atoms with Crippen LogP contribution in [0.1, 0.15) is 20.3 Å². The van der Waals surface area contributed by atoms with Crippen LogP contribution in [0.25, 0.3) is 0 Å². The van der Waals surface area contributed by atoms with E-state index in [0.29, 0.717) is 19.5 Å². The number of nitrogens with zero attached hydrogens (tertiary/aromatic N) is 3. The molecule has 0 aliphatic carbocycles. The molecule has 1 aliphatic heterocycles. The maximum atomic E-state index is 11.9. The first-order valence-corrected chi connectivity index (χ1v) is 6.91. The first-order chi connectivity index (χ1) is 9.19. The molecule has 1 aliphatic rings. The molecule has 1 unspecified atom stereocenters. The van der Waals surface area contributed by atoms with Crippen molar-refractivity contribution in [3.63, 3.8) is 0 Å². The minimum absolute atomic E-state index is 0.146. The zero-order valence-electron chi connectivity index (χ0n) is 11.7. The lowest BCUT2D eigenvalue weighted by Gasteiger charge is -2.21. The molecular weight excluding hydrogens is 240 g/mol. The lowest BCUT2D eigenvalue weighted by atomic mass is 10.1. The Hall–Kier alpha value is -1.62. The molecule has 2 rings (SSSR count). The van der Waals surface area contributed by atoms with E-state index in [4.69, 9.17) is 5.73 Å². The first kappa shape index (κ1) is 13.8. The van der Waals surface area contributed by atoms with Crippen molar-refractivity contribution >= 4 is 17.4 Å². The number of pyridine rings is 1. The minimum atomic E-state index is 0.146. The fraction of sp³-hybridized carbons (Fsp3) is 0.571. The number of nitrogens with two attached hydrogens (primary N) is 1. The summed E-state index contributed by atoms with van der Waals surface area (Å²) in [4.78, 5) is 20.3. The summed E-state index contributed by atoms with van der Waals surface area (Å²) < 4.78 is 0. The van der Waals surface area contributed by atoms with E-state index in [1.807, 2.05) is 12.1 Å². The van der Waals surface area contributed by atoms with Crippen LogP contribution in [0.3, 0.4) is 0 Å². The van der Waals surface area contributed by atoms with E-state index in [2.05, 4.69) is 23.7 Å². The van der Waals surface area contributed by atoms with E-state index in [-0.39, 0.29) is 11.8 Å². The van der Waals surface area contributed by atoms with E-state index in [1.165, 1.54) is 0 Å². The summed E-state index contributed by atoms with van der Waals surface area (Å²) in [5.41, 5.74) is 6.51. The third kappa shape index (κ3) is 2.87. The summed E-state index contributed by atoms with van der Waals surface area (Å²) in [6.07, 6.45) is 2.33. The van der Waals surface area contributed by atoms with Gasteiger partial charge in [-0.3, -0.25) is 4.79 Å². The van der Waals surface area contributed by atoms with Crippen molar-refractivity contribution < 1.29 is 4.79 Å². The van der Waals surface area contributed by atoms with Crippen LogP contribution in [0.5, 0.6) is 0 Å². The molecule has 1 aromatic heterocycles. The highest BCUT2D eigenvalue weighted by Crippen LogP contribution is 2.25. The van der Waals surface area contributed by atoms with Crippen LogP contribution in [-0.4, -0.2) is 37.1 Å². The summed E-state index contributed by atoms with van der Waals surface area (Å²) in [7, 11) is 0. The third-order valence-electron chi connectivity index (χ3n) is 3.67. The Morgan fingerprint density at radius 3 is 2.63 bits per heavy atom. The Balaban J connectivity index is 2.12. The topological polar surface area (TPSA) is 62.5 Å². The maximum Gasteiger partial charge on any atom is 0.227 e. The molecule has 104 valence electrons. The second-order valence-electron chi connectivity index (χ2n) is 4.86. The van der Waals surface area contributed by atoms with E-state index in [1.54, 1.807) is 11.1 Å². The normalized spacial score (nSPS) is 19.0. The molecule has 0 aromatic carbocycles. The predicted molar refractivity (Wildman–Crippen MR) is 77.3 cm³/mol. The Kier molecular flexibility index (Phi) is 4.37. The van der Waals surface area contributed by atoms with Gasteiger partial charge in [0.1, 0.15) is 5.82 Å². The molecule has 0 saturated carbocycles. The second-order valence-corrected chi connectivity index (χ2v) is 4.86. The number of rotatable bonds is 5. The Morgan fingerprint density at radius 1 is 1.42 bits per heavy atom. The zero-order valence-corrected chi connectivity index (χ0v) is 11.7. The predicted octanol–water partition coefficient (Wildman–Crippen LogP) is 1.24. The largest absolute Gasteiger partial charge is 0.357 e. The lowest BCUT2D eigenvalue weighted by Crippen LogP contribution is -2.26. The summed E-state index contributed by atoms with van der Waals surface area (Å²) >= 11 is 0. The van der Waals surface area contributed by atoms with Gasteiger partial charge in [-0.25, -0.2) is 4.98 Å². The van der Waals surface area contributed by atoms with Crippen LogP contribution < -0.4 is 15.5 Å². The molecule has 1 aromatic rings. The number of hydrogen-bond acceptors (Lipinski definition) is 4. The highest BCUT2D eigenvalue weighted by molar-refractivity contribution is 5.95. The Morgan fingerprint density at radius 2 is 2.16 bits per heavy atom. The van der Waals surface area contributed by atoms with E-state index in [0.717, 1.165) is 24.6 Å². The van der Waals surface area contributed by atoms with Gasteiger partial charge in [-0.2, -0.15) is 0 Å². The average molecular weight is 262 g/mol. The van der Waals surface area contributed by atoms with E-state index < -0.39 is 0 Å². The molecule has 2 heterocycles. The monoisotopic (exact) mass is 262 g/mol. The highest BCUT2D eigenvalue weighted by atomic mass is 16.2. The standard InChI is InChI=1S/C14H22N4O/c1-3-17(4-2)13-6-5-12(9-16-13)18-10-11(8-15)7-14(18)19/h5-6,9,11H,3-4,7-8,10,15H2,1-2H3. The number of carbonyl (C=O) groups excluding carboxylic acids is 1. The van der Waals surface area contributed by atoms with Crippen LogP contribution in [0.15, 0.2) is 18.3 Å². The molecule has 19 heavy (non-hydrogen) atoms. The van der Waals surface area contributed by atoms with Gasteiger partial charge in [-0.05, 0) is 38.4 Å². The smallest absolute Gasteiger partial charge is 0.227 e. The van der Waals surface area contributed by atoms with Crippen LogP contribution in [0.2, 0.25) is 0 Å².